The third kappa shape index (κ3) is 9.02. The summed E-state index contributed by atoms with van der Waals surface area (Å²) in [7, 11) is 0. The Hall–Kier alpha value is -2.78. The second-order valence-electron chi connectivity index (χ2n) is 10.6. The Labute approximate surface area is 214 Å². The van der Waals surface area contributed by atoms with Gasteiger partial charge in [-0.3, -0.25) is 4.79 Å². The summed E-state index contributed by atoms with van der Waals surface area (Å²) in [5, 5.41) is 16.7. The molecule has 0 unspecified atom stereocenters. The first-order chi connectivity index (χ1) is 16.4. The van der Waals surface area contributed by atoms with E-state index in [1.807, 2.05) is 20.8 Å². The number of carbonyl (C=O) groups excluding carboxylic acids is 2. The summed E-state index contributed by atoms with van der Waals surface area (Å²) in [6.45, 7) is 10.4. The molecule has 2 rings (SSSR count). The summed E-state index contributed by atoms with van der Waals surface area (Å²) in [5.74, 6) is -4.07. The van der Waals surface area contributed by atoms with Crippen LogP contribution in [0.25, 0.3) is 0 Å². The molecule has 0 radical (unpaired) electrons. The van der Waals surface area contributed by atoms with Crippen molar-refractivity contribution in [3.8, 4) is 0 Å². The molecule has 2 atom stereocenters. The molecule has 2 amide bonds. The van der Waals surface area contributed by atoms with Crippen LogP contribution in [0.4, 0.5) is 18.0 Å². The van der Waals surface area contributed by atoms with E-state index in [0.717, 1.165) is 0 Å². The Morgan fingerprint density at radius 3 is 2.14 bits per heavy atom. The highest BCUT2D eigenvalue weighted by Gasteiger charge is 2.28. The third-order valence-electron chi connectivity index (χ3n) is 4.93. The van der Waals surface area contributed by atoms with Gasteiger partial charge in [-0.05, 0) is 83.4 Å². The molecule has 2 aromatic carbocycles. The molecular formula is C26H32ClF3N2O4. The van der Waals surface area contributed by atoms with Crippen LogP contribution in [-0.2, 0) is 17.6 Å². The number of halogens is 4. The van der Waals surface area contributed by atoms with Gasteiger partial charge in [0.1, 0.15) is 11.4 Å². The monoisotopic (exact) mass is 528 g/mol. The van der Waals surface area contributed by atoms with Gasteiger partial charge in [0.25, 0.3) is 5.91 Å². The number of ether oxygens (including phenoxy) is 1. The molecule has 0 aliphatic heterocycles. The number of nitrogens with one attached hydrogen (secondary N) is 2. The van der Waals surface area contributed by atoms with Crippen LogP contribution in [-0.4, -0.2) is 40.4 Å². The third-order valence-corrected chi connectivity index (χ3v) is 5.16. The van der Waals surface area contributed by atoms with Crippen molar-refractivity contribution in [3.05, 3.63) is 69.5 Å². The maximum atomic E-state index is 14.4. The van der Waals surface area contributed by atoms with Gasteiger partial charge in [0, 0.05) is 28.6 Å². The van der Waals surface area contributed by atoms with E-state index in [2.05, 4.69) is 10.6 Å². The first-order valence-electron chi connectivity index (χ1n) is 11.4. The molecular weight excluding hydrogens is 497 g/mol. The Morgan fingerprint density at radius 2 is 1.56 bits per heavy atom. The van der Waals surface area contributed by atoms with E-state index in [-0.39, 0.29) is 24.0 Å². The molecule has 0 heterocycles. The fraction of sp³-hybridized carbons (Fsp3) is 0.462. The van der Waals surface area contributed by atoms with Gasteiger partial charge in [-0.15, -0.1) is 0 Å². The van der Waals surface area contributed by atoms with Gasteiger partial charge in [-0.1, -0.05) is 11.6 Å². The van der Waals surface area contributed by atoms with Gasteiger partial charge >= 0.3 is 6.09 Å². The van der Waals surface area contributed by atoms with Gasteiger partial charge in [-0.25, -0.2) is 18.0 Å². The highest BCUT2D eigenvalue weighted by molar-refractivity contribution is 6.30. The molecule has 0 bridgehead atoms. The molecule has 0 saturated heterocycles. The van der Waals surface area contributed by atoms with Crippen molar-refractivity contribution in [1.29, 1.82) is 0 Å². The van der Waals surface area contributed by atoms with Crippen molar-refractivity contribution in [2.24, 2.45) is 0 Å². The molecule has 198 valence electrons. The smallest absolute Gasteiger partial charge is 0.407 e. The van der Waals surface area contributed by atoms with Gasteiger partial charge in [0.15, 0.2) is 11.6 Å². The lowest BCUT2D eigenvalue weighted by Crippen LogP contribution is -2.48. The van der Waals surface area contributed by atoms with E-state index in [0.29, 0.717) is 22.7 Å². The normalized spacial score (nSPS) is 13.6. The molecule has 0 aromatic heterocycles. The van der Waals surface area contributed by atoms with E-state index in [4.69, 9.17) is 16.3 Å². The molecule has 0 aliphatic carbocycles. The van der Waals surface area contributed by atoms with Crippen molar-refractivity contribution in [2.75, 3.05) is 0 Å². The fourth-order valence-electron chi connectivity index (χ4n) is 3.43. The minimum Gasteiger partial charge on any atom is -0.444 e. The van der Waals surface area contributed by atoms with E-state index in [9.17, 15) is 27.9 Å². The van der Waals surface area contributed by atoms with Crippen LogP contribution in [0.2, 0.25) is 5.02 Å². The van der Waals surface area contributed by atoms with Crippen LogP contribution in [0.3, 0.4) is 0 Å². The number of amides is 2. The Morgan fingerprint density at radius 1 is 0.944 bits per heavy atom. The zero-order chi connectivity index (χ0) is 27.4. The Bertz CT molecular complexity index is 1110. The highest BCUT2D eigenvalue weighted by Crippen LogP contribution is 2.22. The summed E-state index contributed by atoms with van der Waals surface area (Å²) >= 11 is 6.13. The minimum absolute atomic E-state index is 0.167. The summed E-state index contributed by atoms with van der Waals surface area (Å²) in [4.78, 5) is 25.3. The molecule has 36 heavy (non-hydrogen) atoms. The molecule has 2 aromatic rings. The summed E-state index contributed by atoms with van der Waals surface area (Å²) < 4.78 is 46.8. The van der Waals surface area contributed by atoms with Gasteiger partial charge in [0.2, 0.25) is 0 Å². The number of aliphatic hydroxyl groups excluding tert-OH is 1. The predicted octanol–water partition coefficient (Wildman–Crippen LogP) is 5.33. The van der Waals surface area contributed by atoms with Gasteiger partial charge in [0.05, 0.1) is 12.1 Å². The van der Waals surface area contributed by atoms with E-state index in [1.54, 1.807) is 20.8 Å². The number of hydrogen-bond acceptors (Lipinski definition) is 4. The molecule has 0 saturated carbocycles. The lowest BCUT2D eigenvalue weighted by Gasteiger charge is -2.28. The van der Waals surface area contributed by atoms with E-state index < -0.39 is 52.7 Å². The van der Waals surface area contributed by atoms with Crippen molar-refractivity contribution in [3.63, 3.8) is 0 Å². The quantitative estimate of drug-likeness (QED) is 0.424. The SMILES string of the molecule is CC(C)(C)NC(=O)c1ccc(Cl)cc1C[C@@H](O)[C@@H](Cc1cc(F)c(F)cc1F)NC(=O)OC(C)(C)C. The average Bonchev–Trinajstić information content (AvgIpc) is 2.68. The number of aliphatic hydroxyl groups is 1. The van der Waals surface area contributed by atoms with Crippen molar-refractivity contribution >= 4 is 23.6 Å². The number of rotatable bonds is 7. The predicted molar refractivity (Wildman–Crippen MR) is 132 cm³/mol. The van der Waals surface area contributed by atoms with E-state index >= 15 is 0 Å². The number of alkyl carbamates (subject to hydrolysis) is 1. The summed E-state index contributed by atoms with van der Waals surface area (Å²) in [5.41, 5.74) is -1.03. The Balaban J connectivity index is 2.39. The molecule has 0 spiro atoms. The second kappa shape index (κ2) is 11.5. The number of hydrogen-bond donors (Lipinski definition) is 3. The summed E-state index contributed by atoms with van der Waals surface area (Å²) in [6.07, 6.45) is -2.83. The molecule has 6 nitrogen and oxygen atoms in total. The average molecular weight is 529 g/mol. The van der Waals surface area contributed by atoms with Crippen molar-refractivity contribution in [1.82, 2.24) is 10.6 Å². The Kier molecular flexibility index (Phi) is 9.42. The van der Waals surface area contributed by atoms with Crippen LogP contribution in [0.15, 0.2) is 30.3 Å². The zero-order valence-corrected chi connectivity index (χ0v) is 21.9. The first-order valence-corrected chi connectivity index (χ1v) is 11.7. The molecule has 0 aliphatic rings. The maximum absolute atomic E-state index is 14.4. The minimum atomic E-state index is -1.38. The van der Waals surface area contributed by atoms with Crippen LogP contribution >= 0.6 is 11.6 Å². The van der Waals surface area contributed by atoms with Gasteiger partial charge < -0.3 is 20.5 Å². The standard InChI is InChI=1S/C26H32ClF3N2O4/c1-25(2,3)32-23(34)17-8-7-16(27)9-14(17)12-22(33)21(31-24(35)36-26(4,5)6)11-15-10-19(29)20(30)13-18(15)28/h7-10,13,21-22,33H,11-12H2,1-6H3,(H,31,35)(H,32,34)/t21-,22-/m1/s1. The number of carbonyl (C=O) groups is 2. The van der Waals surface area contributed by atoms with Crippen molar-refractivity contribution < 1.29 is 32.6 Å². The molecule has 0 fully saturated rings. The fourth-order valence-corrected chi connectivity index (χ4v) is 3.62. The zero-order valence-electron chi connectivity index (χ0n) is 21.1. The van der Waals surface area contributed by atoms with Crippen LogP contribution < -0.4 is 10.6 Å². The van der Waals surface area contributed by atoms with Crippen LogP contribution in [0.5, 0.6) is 0 Å². The largest absolute Gasteiger partial charge is 0.444 e. The molecule has 3 N–H and O–H groups in total. The van der Waals surface area contributed by atoms with Gasteiger partial charge in [-0.2, -0.15) is 0 Å². The van der Waals surface area contributed by atoms with Crippen molar-refractivity contribution in [2.45, 2.75) is 77.7 Å². The maximum Gasteiger partial charge on any atom is 0.407 e. The summed E-state index contributed by atoms with van der Waals surface area (Å²) in [6, 6.07) is 4.43. The topological polar surface area (TPSA) is 87.7 Å². The molecule has 10 heteroatoms. The number of benzene rings is 2. The van der Waals surface area contributed by atoms with Crippen LogP contribution in [0.1, 0.15) is 63.0 Å². The van der Waals surface area contributed by atoms with Crippen LogP contribution in [0, 0.1) is 17.5 Å². The first kappa shape index (κ1) is 29.5. The highest BCUT2D eigenvalue weighted by atomic mass is 35.5. The lowest BCUT2D eigenvalue weighted by atomic mass is 9.93. The lowest BCUT2D eigenvalue weighted by molar-refractivity contribution is 0.0421. The van der Waals surface area contributed by atoms with E-state index in [1.165, 1.54) is 18.2 Å². The second-order valence-corrected chi connectivity index (χ2v) is 11.0.